The van der Waals surface area contributed by atoms with E-state index in [0.717, 1.165) is 22.0 Å². The first-order chi connectivity index (χ1) is 4.22. The summed E-state index contributed by atoms with van der Waals surface area (Å²) >= 11 is 2.19. The SMILES string of the molecule is CC1=CCCC(I)=C1O. The number of halogens is 1. The van der Waals surface area contributed by atoms with Crippen LogP contribution in [-0.4, -0.2) is 5.11 Å². The van der Waals surface area contributed by atoms with Gasteiger partial charge in [-0.05, 0) is 47.9 Å². The lowest BCUT2D eigenvalue weighted by molar-refractivity contribution is 0.416. The van der Waals surface area contributed by atoms with Gasteiger partial charge in [0.25, 0.3) is 0 Å². The zero-order valence-corrected chi connectivity index (χ0v) is 7.47. The van der Waals surface area contributed by atoms with Crippen molar-refractivity contribution in [1.82, 2.24) is 0 Å². The molecule has 0 saturated carbocycles. The molecule has 0 bridgehead atoms. The molecule has 2 heteroatoms. The minimum atomic E-state index is 0.488. The largest absolute Gasteiger partial charge is 0.507 e. The van der Waals surface area contributed by atoms with E-state index in [1.54, 1.807) is 0 Å². The van der Waals surface area contributed by atoms with Crippen molar-refractivity contribution in [1.29, 1.82) is 0 Å². The predicted molar refractivity (Wildman–Crippen MR) is 46.7 cm³/mol. The lowest BCUT2D eigenvalue weighted by Crippen LogP contribution is -1.92. The van der Waals surface area contributed by atoms with Gasteiger partial charge in [0.1, 0.15) is 5.76 Å². The van der Waals surface area contributed by atoms with Crippen LogP contribution in [0, 0.1) is 0 Å². The molecule has 1 aliphatic carbocycles. The van der Waals surface area contributed by atoms with Crippen LogP contribution >= 0.6 is 22.6 Å². The number of hydrogen-bond acceptors (Lipinski definition) is 1. The van der Waals surface area contributed by atoms with Crippen LogP contribution in [0.5, 0.6) is 0 Å². The molecule has 0 atom stereocenters. The Kier molecular flexibility index (Phi) is 2.16. The van der Waals surface area contributed by atoms with Crippen LogP contribution in [0.4, 0.5) is 0 Å². The van der Waals surface area contributed by atoms with Crippen LogP contribution in [0.3, 0.4) is 0 Å². The molecule has 0 heterocycles. The highest BCUT2D eigenvalue weighted by molar-refractivity contribution is 14.1. The quantitative estimate of drug-likeness (QED) is 0.641. The molecular formula is C7H9IO. The molecular weight excluding hydrogens is 227 g/mol. The van der Waals surface area contributed by atoms with Gasteiger partial charge in [0.15, 0.2) is 0 Å². The smallest absolute Gasteiger partial charge is 0.127 e. The molecule has 0 aliphatic heterocycles. The van der Waals surface area contributed by atoms with E-state index < -0.39 is 0 Å². The highest BCUT2D eigenvalue weighted by Crippen LogP contribution is 2.27. The molecule has 1 nitrogen and oxygen atoms in total. The molecule has 0 fully saturated rings. The van der Waals surface area contributed by atoms with E-state index in [-0.39, 0.29) is 0 Å². The van der Waals surface area contributed by atoms with Crippen molar-refractivity contribution in [3.8, 4) is 0 Å². The van der Waals surface area contributed by atoms with Crippen LogP contribution in [0.15, 0.2) is 21.0 Å². The Labute approximate surface area is 68.6 Å². The zero-order valence-electron chi connectivity index (χ0n) is 5.32. The van der Waals surface area contributed by atoms with Crippen molar-refractivity contribution in [2.75, 3.05) is 0 Å². The third-order valence-corrected chi connectivity index (χ3v) is 2.50. The number of allylic oxidation sites excluding steroid dienone is 3. The zero-order chi connectivity index (χ0) is 6.85. The predicted octanol–water partition coefficient (Wildman–Crippen LogP) is 2.93. The van der Waals surface area contributed by atoms with Gasteiger partial charge in [-0.2, -0.15) is 0 Å². The molecule has 1 N–H and O–H groups in total. The van der Waals surface area contributed by atoms with E-state index in [9.17, 15) is 5.11 Å². The second-order valence-corrected chi connectivity index (χ2v) is 3.48. The molecule has 1 aliphatic rings. The van der Waals surface area contributed by atoms with Gasteiger partial charge in [0.05, 0.1) is 0 Å². The summed E-state index contributed by atoms with van der Waals surface area (Å²) in [5.41, 5.74) is 1.02. The molecule has 9 heavy (non-hydrogen) atoms. The van der Waals surface area contributed by atoms with Gasteiger partial charge < -0.3 is 5.11 Å². The Bertz CT molecular complexity index is 179. The molecule has 0 amide bonds. The summed E-state index contributed by atoms with van der Waals surface area (Å²) in [6, 6.07) is 0. The Hall–Kier alpha value is 0.01000. The first-order valence-electron chi connectivity index (χ1n) is 2.96. The van der Waals surface area contributed by atoms with Crippen LogP contribution in [-0.2, 0) is 0 Å². The van der Waals surface area contributed by atoms with Crippen LogP contribution in [0.25, 0.3) is 0 Å². The second kappa shape index (κ2) is 2.73. The summed E-state index contributed by atoms with van der Waals surface area (Å²) < 4.78 is 1.09. The van der Waals surface area contributed by atoms with Gasteiger partial charge in [0, 0.05) is 3.58 Å². The fourth-order valence-corrected chi connectivity index (χ4v) is 1.58. The lowest BCUT2D eigenvalue weighted by Gasteiger charge is -2.09. The molecule has 0 aromatic heterocycles. The van der Waals surface area contributed by atoms with Crippen molar-refractivity contribution >= 4 is 22.6 Å². The summed E-state index contributed by atoms with van der Waals surface area (Å²) in [5.74, 6) is 0.488. The number of hydrogen-bond donors (Lipinski definition) is 1. The summed E-state index contributed by atoms with van der Waals surface area (Å²) in [4.78, 5) is 0. The van der Waals surface area contributed by atoms with Gasteiger partial charge >= 0.3 is 0 Å². The van der Waals surface area contributed by atoms with E-state index in [4.69, 9.17) is 0 Å². The van der Waals surface area contributed by atoms with E-state index in [0.29, 0.717) is 5.76 Å². The maximum absolute atomic E-state index is 9.25. The Morgan fingerprint density at radius 2 is 2.33 bits per heavy atom. The van der Waals surface area contributed by atoms with Gasteiger partial charge in [-0.25, -0.2) is 0 Å². The minimum Gasteiger partial charge on any atom is -0.507 e. The summed E-state index contributed by atoms with van der Waals surface area (Å²) in [6.07, 6.45) is 4.15. The van der Waals surface area contributed by atoms with Crippen LogP contribution in [0.2, 0.25) is 0 Å². The Balaban J connectivity index is 2.88. The Morgan fingerprint density at radius 1 is 1.67 bits per heavy atom. The van der Waals surface area contributed by atoms with Crippen LogP contribution < -0.4 is 0 Å². The van der Waals surface area contributed by atoms with Gasteiger partial charge in [-0.15, -0.1) is 0 Å². The first-order valence-corrected chi connectivity index (χ1v) is 4.04. The third-order valence-electron chi connectivity index (χ3n) is 1.44. The van der Waals surface area contributed by atoms with Crippen molar-refractivity contribution in [3.05, 3.63) is 21.0 Å². The highest BCUT2D eigenvalue weighted by atomic mass is 127. The van der Waals surface area contributed by atoms with Gasteiger partial charge in [0.2, 0.25) is 0 Å². The average molecular weight is 236 g/mol. The van der Waals surface area contributed by atoms with Crippen LogP contribution in [0.1, 0.15) is 19.8 Å². The molecule has 0 aromatic carbocycles. The van der Waals surface area contributed by atoms with E-state index in [1.165, 1.54) is 0 Å². The number of aliphatic hydroxyl groups excluding tert-OH is 1. The molecule has 50 valence electrons. The van der Waals surface area contributed by atoms with E-state index >= 15 is 0 Å². The molecule has 0 unspecified atom stereocenters. The maximum atomic E-state index is 9.25. The van der Waals surface area contributed by atoms with Gasteiger partial charge in [-0.1, -0.05) is 6.08 Å². The summed E-state index contributed by atoms with van der Waals surface area (Å²) in [7, 11) is 0. The fourth-order valence-electron chi connectivity index (χ4n) is 0.844. The van der Waals surface area contributed by atoms with Crippen molar-refractivity contribution < 1.29 is 5.11 Å². The van der Waals surface area contributed by atoms with Gasteiger partial charge in [-0.3, -0.25) is 0 Å². The second-order valence-electron chi connectivity index (χ2n) is 2.18. The number of rotatable bonds is 0. The monoisotopic (exact) mass is 236 g/mol. The molecule has 0 aromatic rings. The standard InChI is InChI=1S/C7H9IO/c1-5-3-2-4-6(8)7(5)9/h3,9H,2,4H2,1H3. The molecule has 0 spiro atoms. The van der Waals surface area contributed by atoms with Crippen molar-refractivity contribution in [2.45, 2.75) is 19.8 Å². The minimum absolute atomic E-state index is 0.488. The number of aliphatic hydroxyl groups is 1. The fraction of sp³-hybridized carbons (Fsp3) is 0.429. The third kappa shape index (κ3) is 1.47. The molecule has 0 saturated heterocycles. The molecule has 1 rings (SSSR count). The van der Waals surface area contributed by atoms with Crippen molar-refractivity contribution in [3.63, 3.8) is 0 Å². The van der Waals surface area contributed by atoms with Crippen molar-refractivity contribution in [2.24, 2.45) is 0 Å². The normalized spacial score (nSPS) is 20.0. The van der Waals surface area contributed by atoms with E-state index in [2.05, 4.69) is 28.7 Å². The topological polar surface area (TPSA) is 20.2 Å². The average Bonchev–Trinajstić information content (AvgIpc) is 1.83. The summed E-state index contributed by atoms with van der Waals surface area (Å²) in [6.45, 7) is 1.94. The lowest BCUT2D eigenvalue weighted by atomic mass is 10.1. The molecule has 0 radical (unpaired) electrons. The highest BCUT2D eigenvalue weighted by Gasteiger charge is 2.07. The Morgan fingerprint density at radius 3 is 2.78 bits per heavy atom. The first kappa shape index (κ1) is 7.12. The summed E-state index contributed by atoms with van der Waals surface area (Å²) in [5, 5.41) is 9.25. The maximum Gasteiger partial charge on any atom is 0.127 e. The van der Waals surface area contributed by atoms with E-state index in [1.807, 2.05) is 6.92 Å².